The molecule has 1 atom stereocenters. The Morgan fingerprint density at radius 3 is 2.95 bits per heavy atom. The molecule has 0 fully saturated rings. The molecule has 1 heterocycles. The highest BCUT2D eigenvalue weighted by Gasteiger charge is 2.17. The largest absolute Gasteiger partial charge is 0.493 e. The van der Waals surface area contributed by atoms with Crippen molar-refractivity contribution in [2.24, 2.45) is 5.92 Å². The average molecular weight is 263 g/mol. The maximum absolute atomic E-state index is 12.1. The number of carbonyl (C=O) groups is 1. The summed E-state index contributed by atoms with van der Waals surface area (Å²) in [5, 5.41) is 12.2. The maximum atomic E-state index is 12.1. The molecule has 1 aliphatic rings. The van der Waals surface area contributed by atoms with Gasteiger partial charge in [0, 0.05) is 12.0 Å². The fraction of sp³-hybridized carbons (Fsp3) is 0.533. The van der Waals surface area contributed by atoms with E-state index in [0.717, 1.165) is 24.2 Å². The molecule has 0 bridgehead atoms. The van der Waals surface area contributed by atoms with Crippen molar-refractivity contribution in [3.05, 3.63) is 29.3 Å². The minimum Gasteiger partial charge on any atom is -0.493 e. The van der Waals surface area contributed by atoms with Gasteiger partial charge in [-0.3, -0.25) is 4.79 Å². The van der Waals surface area contributed by atoms with Crippen molar-refractivity contribution in [1.82, 2.24) is 5.32 Å². The SMILES string of the molecule is CC(C)CC(CO)NC(=O)c1ccc2c(c1)CCO2. The Hall–Kier alpha value is -1.55. The highest BCUT2D eigenvalue weighted by atomic mass is 16.5. The minimum absolute atomic E-state index is 0.0298. The van der Waals surface area contributed by atoms with Crippen LogP contribution in [0.5, 0.6) is 5.75 Å². The second-order valence-electron chi connectivity index (χ2n) is 5.40. The normalized spacial score (nSPS) is 14.9. The van der Waals surface area contributed by atoms with E-state index in [4.69, 9.17) is 4.74 Å². The third kappa shape index (κ3) is 3.47. The van der Waals surface area contributed by atoms with Crippen LogP contribution in [-0.4, -0.2) is 30.3 Å². The topological polar surface area (TPSA) is 58.6 Å². The Labute approximate surface area is 113 Å². The van der Waals surface area contributed by atoms with Gasteiger partial charge < -0.3 is 15.2 Å². The van der Waals surface area contributed by atoms with Gasteiger partial charge in [0.05, 0.1) is 19.3 Å². The molecule has 2 N–H and O–H groups in total. The van der Waals surface area contributed by atoms with Crippen LogP contribution in [0.2, 0.25) is 0 Å². The zero-order valence-electron chi connectivity index (χ0n) is 11.5. The number of rotatable bonds is 5. The van der Waals surface area contributed by atoms with Crippen LogP contribution < -0.4 is 10.1 Å². The van der Waals surface area contributed by atoms with Crippen molar-refractivity contribution < 1.29 is 14.6 Å². The molecule has 2 rings (SSSR count). The molecule has 1 aliphatic heterocycles. The van der Waals surface area contributed by atoms with Crippen molar-refractivity contribution in [2.45, 2.75) is 32.7 Å². The lowest BCUT2D eigenvalue weighted by Crippen LogP contribution is -2.38. The second-order valence-corrected chi connectivity index (χ2v) is 5.40. The third-order valence-electron chi connectivity index (χ3n) is 3.26. The maximum Gasteiger partial charge on any atom is 0.251 e. The van der Waals surface area contributed by atoms with Gasteiger partial charge in [-0.25, -0.2) is 0 Å². The van der Waals surface area contributed by atoms with Gasteiger partial charge in [0.15, 0.2) is 0 Å². The number of hydrogen-bond acceptors (Lipinski definition) is 3. The first kappa shape index (κ1) is 13.9. The van der Waals surface area contributed by atoms with E-state index >= 15 is 0 Å². The van der Waals surface area contributed by atoms with Gasteiger partial charge in [-0.2, -0.15) is 0 Å². The van der Waals surface area contributed by atoms with Gasteiger partial charge in [-0.1, -0.05) is 13.8 Å². The lowest BCUT2D eigenvalue weighted by molar-refractivity contribution is 0.0908. The second kappa shape index (κ2) is 6.06. The fourth-order valence-electron chi connectivity index (χ4n) is 2.34. The van der Waals surface area contributed by atoms with E-state index in [1.54, 1.807) is 6.07 Å². The van der Waals surface area contributed by atoms with Gasteiger partial charge in [-0.15, -0.1) is 0 Å². The van der Waals surface area contributed by atoms with E-state index in [2.05, 4.69) is 19.2 Å². The molecule has 1 aromatic carbocycles. The van der Waals surface area contributed by atoms with Crippen LogP contribution in [0.4, 0.5) is 0 Å². The molecular weight excluding hydrogens is 242 g/mol. The highest BCUT2D eigenvalue weighted by Crippen LogP contribution is 2.25. The lowest BCUT2D eigenvalue weighted by Gasteiger charge is -2.18. The van der Waals surface area contributed by atoms with Crippen LogP contribution in [-0.2, 0) is 6.42 Å². The van der Waals surface area contributed by atoms with E-state index in [9.17, 15) is 9.90 Å². The quantitative estimate of drug-likeness (QED) is 0.851. The summed E-state index contributed by atoms with van der Waals surface area (Å²) < 4.78 is 5.42. The summed E-state index contributed by atoms with van der Waals surface area (Å²) in [7, 11) is 0. The number of ether oxygens (including phenoxy) is 1. The molecule has 0 aliphatic carbocycles. The van der Waals surface area contributed by atoms with Gasteiger partial charge in [0.2, 0.25) is 0 Å². The molecule has 1 unspecified atom stereocenters. The third-order valence-corrected chi connectivity index (χ3v) is 3.26. The summed E-state index contributed by atoms with van der Waals surface area (Å²) in [6, 6.07) is 5.30. The molecule has 4 heteroatoms. The molecule has 4 nitrogen and oxygen atoms in total. The van der Waals surface area contributed by atoms with E-state index in [-0.39, 0.29) is 18.6 Å². The summed E-state index contributed by atoms with van der Waals surface area (Å²) >= 11 is 0. The standard InChI is InChI=1S/C15H21NO3/c1-10(2)7-13(9-17)16-15(18)12-3-4-14-11(8-12)5-6-19-14/h3-4,8,10,13,17H,5-7,9H2,1-2H3,(H,16,18). The summed E-state index contributed by atoms with van der Waals surface area (Å²) in [6.45, 7) is 4.80. The van der Waals surface area contributed by atoms with Crippen LogP contribution >= 0.6 is 0 Å². The molecule has 104 valence electrons. The summed E-state index contributed by atoms with van der Waals surface area (Å²) in [6.07, 6.45) is 1.63. The first-order chi connectivity index (χ1) is 9.10. The Bertz CT molecular complexity index is 457. The number of benzene rings is 1. The van der Waals surface area contributed by atoms with E-state index in [1.165, 1.54) is 0 Å². The molecule has 0 aromatic heterocycles. The Morgan fingerprint density at radius 1 is 1.47 bits per heavy atom. The van der Waals surface area contributed by atoms with Crippen LogP contribution in [0, 0.1) is 5.92 Å². The van der Waals surface area contributed by atoms with Crippen molar-refractivity contribution in [3.8, 4) is 5.75 Å². The summed E-state index contributed by atoms with van der Waals surface area (Å²) in [5.41, 5.74) is 1.71. The van der Waals surface area contributed by atoms with Crippen LogP contribution in [0.15, 0.2) is 18.2 Å². The minimum atomic E-state index is -0.183. The van der Waals surface area contributed by atoms with Crippen molar-refractivity contribution in [2.75, 3.05) is 13.2 Å². The van der Waals surface area contributed by atoms with Gasteiger partial charge in [-0.05, 0) is 36.1 Å². The Balaban J connectivity index is 2.03. The predicted molar refractivity (Wildman–Crippen MR) is 73.4 cm³/mol. The molecule has 1 amide bonds. The van der Waals surface area contributed by atoms with E-state index < -0.39 is 0 Å². The number of aliphatic hydroxyl groups excluding tert-OH is 1. The van der Waals surface area contributed by atoms with Crippen LogP contribution in [0.1, 0.15) is 36.2 Å². The smallest absolute Gasteiger partial charge is 0.251 e. The first-order valence-electron chi connectivity index (χ1n) is 6.77. The number of nitrogens with one attached hydrogen (secondary N) is 1. The lowest BCUT2D eigenvalue weighted by atomic mass is 10.0. The number of carbonyl (C=O) groups excluding carboxylic acids is 1. The highest BCUT2D eigenvalue weighted by molar-refractivity contribution is 5.94. The van der Waals surface area contributed by atoms with Gasteiger partial charge in [0.1, 0.15) is 5.75 Å². The summed E-state index contributed by atoms with van der Waals surface area (Å²) in [5.74, 6) is 1.18. The van der Waals surface area contributed by atoms with Gasteiger partial charge >= 0.3 is 0 Å². The molecule has 0 saturated heterocycles. The predicted octanol–water partition coefficient (Wildman–Crippen LogP) is 1.76. The molecule has 0 saturated carbocycles. The fourth-order valence-corrected chi connectivity index (χ4v) is 2.34. The van der Waals surface area contributed by atoms with Crippen molar-refractivity contribution in [1.29, 1.82) is 0 Å². The molecule has 19 heavy (non-hydrogen) atoms. The number of hydrogen-bond donors (Lipinski definition) is 2. The Kier molecular flexibility index (Phi) is 4.43. The average Bonchev–Trinajstić information content (AvgIpc) is 2.84. The number of aliphatic hydroxyl groups is 1. The number of amides is 1. The van der Waals surface area contributed by atoms with E-state index in [1.807, 2.05) is 12.1 Å². The van der Waals surface area contributed by atoms with E-state index in [0.29, 0.717) is 18.1 Å². The van der Waals surface area contributed by atoms with Crippen molar-refractivity contribution in [3.63, 3.8) is 0 Å². The van der Waals surface area contributed by atoms with Crippen LogP contribution in [0.3, 0.4) is 0 Å². The zero-order valence-corrected chi connectivity index (χ0v) is 11.5. The summed E-state index contributed by atoms with van der Waals surface area (Å²) in [4.78, 5) is 12.1. The molecular formula is C15H21NO3. The monoisotopic (exact) mass is 263 g/mol. The molecule has 0 spiro atoms. The molecule has 1 aromatic rings. The zero-order chi connectivity index (χ0) is 13.8. The van der Waals surface area contributed by atoms with Crippen molar-refractivity contribution >= 4 is 5.91 Å². The van der Waals surface area contributed by atoms with Crippen LogP contribution in [0.25, 0.3) is 0 Å². The number of fused-ring (bicyclic) bond motifs is 1. The first-order valence-corrected chi connectivity index (χ1v) is 6.77. The Morgan fingerprint density at radius 2 is 2.26 bits per heavy atom. The molecule has 0 radical (unpaired) electrons. The van der Waals surface area contributed by atoms with Gasteiger partial charge in [0.25, 0.3) is 5.91 Å².